The molecule has 2 aromatic heterocycles. The molecule has 2 unspecified atom stereocenters. The highest BCUT2D eigenvalue weighted by atomic mass is 32.2. The number of nitrogens with zero attached hydrogens (tertiary/aromatic N) is 3. The minimum atomic E-state index is -0.390. The molecule has 6 heteroatoms. The van der Waals surface area contributed by atoms with E-state index in [4.69, 9.17) is 4.52 Å². The number of thioether (sulfide) groups is 1. The zero-order valence-corrected chi connectivity index (χ0v) is 11.6. The third-order valence-corrected chi connectivity index (χ3v) is 4.32. The number of pyridine rings is 1. The Kier molecular flexibility index (Phi) is 3.28. The first kappa shape index (κ1) is 12.6. The summed E-state index contributed by atoms with van der Waals surface area (Å²) in [5, 5.41) is 13.9. The largest absolute Gasteiger partial charge is 0.391 e. The van der Waals surface area contributed by atoms with Crippen LogP contribution in [0.25, 0.3) is 11.4 Å². The first-order valence-corrected chi connectivity index (χ1v) is 7.34. The van der Waals surface area contributed by atoms with Crippen molar-refractivity contribution < 1.29 is 9.63 Å². The molecule has 2 atom stereocenters. The van der Waals surface area contributed by atoms with E-state index in [0.29, 0.717) is 11.7 Å². The van der Waals surface area contributed by atoms with Crippen LogP contribution in [0.5, 0.6) is 0 Å². The number of aliphatic hydroxyl groups is 1. The molecular formula is C13H15N3O2S. The molecule has 0 bridgehead atoms. The Balaban J connectivity index is 1.92. The molecule has 5 nitrogen and oxygen atoms in total. The van der Waals surface area contributed by atoms with E-state index in [1.807, 2.05) is 26.0 Å². The summed E-state index contributed by atoms with van der Waals surface area (Å²) < 4.78 is 5.30. The quantitative estimate of drug-likeness (QED) is 0.904. The van der Waals surface area contributed by atoms with Crippen LogP contribution >= 0.6 is 11.8 Å². The Bertz CT molecular complexity index is 579. The van der Waals surface area contributed by atoms with E-state index in [1.54, 1.807) is 11.8 Å². The standard InChI is InChI=1S/C13H15N3O2S/c1-7-3-9(4-8(2)14-7)12-15-13(18-16-12)10-5-19-6-11(10)17/h3-4,10-11,17H,5-6H2,1-2H3. The van der Waals surface area contributed by atoms with Gasteiger partial charge in [-0.1, -0.05) is 5.16 Å². The normalized spacial score (nSPS) is 22.9. The SMILES string of the molecule is Cc1cc(-c2noc(C3CSCC3O)n2)cc(C)n1. The molecule has 2 aromatic rings. The molecule has 3 heterocycles. The summed E-state index contributed by atoms with van der Waals surface area (Å²) in [7, 11) is 0. The monoisotopic (exact) mass is 277 g/mol. The van der Waals surface area contributed by atoms with Gasteiger partial charge in [-0.05, 0) is 26.0 Å². The van der Waals surface area contributed by atoms with Crippen molar-refractivity contribution in [2.75, 3.05) is 11.5 Å². The van der Waals surface area contributed by atoms with Crippen molar-refractivity contribution in [2.45, 2.75) is 25.9 Å². The molecule has 0 radical (unpaired) electrons. The lowest BCUT2D eigenvalue weighted by Gasteiger charge is -2.06. The molecule has 100 valence electrons. The Morgan fingerprint density at radius 3 is 2.58 bits per heavy atom. The molecule has 3 rings (SSSR count). The highest BCUT2D eigenvalue weighted by Gasteiger charge is 2.32. The first-order chi connectivity index (χ1) is 9.13. The van der Waals surface area contributed by atoms with Gasteiger partial charge in [-0.3, -0.25) is 4.98 Å². The van der Waals surface area contributed by atoms with Gasteiger partial charge < -0.3 is 9.63 Å². The molecular weight excluding hydrogens is 262 g/mol. The van der Waals surface area contributed by atoms with Gasteiger partial charge in [-0.2, -0.15) is 16.7 Å². The topological polar surface area (TPSA) is 72.0 Å². The second-order valence-electron chi connectivity index (χ2n) is 4.81. The smallest absolute Gasteiger partial charge is 0.233 e. The molecule has 0 aliphatic carbocycles. The summed E-state index contributed by atoms with van der Waals surface area (Å²) in [5.74, 6) is 2.61. The zero-order valence-electron chi connectivity index (χ0n) is 10.8. The number of aliphatic hydroxyl groups excluding tert-OH is 1. The van der Waals surface area contributed by atoms with Crippen LogP contribution < -0.4 is 0 Å². The van der Waals surface area contributed by atoms with Crippen LogP contribution in [0.2, 0.25) is 0 Å². The second-order valence-corrected chi connectivity index (χ2v) is 5.88. The maximum Gasteiger partial charge on any atom is 0.233 e. The van der Waals surface area contributed by atoms with E-state index in [9.17, 15) is 5.11 Å². The van der Waals surface area contributed by atoms with Crippen LogP contribution in [-0.4, -0.2) is 37.8 Å². The van der Waals surface area contributed by atoms with Gasteiger partial charge in [0.05, 0.1) is 12.0 Å². The molecule has 0 amide bonds. The third-order valence-electron chi connectivity index (χ3n) is 3.15. The molecule has 1 aliphatic rings. The van der Waals surface area contributed by atoms with Crippen molar-refractivity contribution in [3.8, 4) is 11.4 Å². The van der Waals surface area contributed by atoms with E-state index >= 15 is 0 Å². The average molecular weight is 277 g/mol. The fourth-order valence-corrected chi connectivity index (χ4v) is 3.47. The van der Waals surface area contributed by atoms with Crippen LogP contribution in [0.15, 0.2) is 16.7 Å². The number of aromatic nitrogens is 3. The van der Waals surface area contributed by atoms with Gasteiger partial charge in [-0.25, -0.2) is 0 Å². The molecule has 0 saturated carbocycles. The molecule has 1 fully saturated rings. The second kappa shape index (κ2) is 4.94. The first-order valence-electron chi connectivity index (χ1n) is 6.18. The summed E-state index contributed by atoms with van der Waals surface area (Å²) in [6.45, 7) is 3.88. The summed E-state index contributed by atoms with van der Waals surface area (Å²) >= 11 is 1.71. The average Bonchev–Trinajstić information content (AvgIpc) is 2.95. The van der Waals surface area contributed by atoms with E-state index < -0.39 is 0 Å². The molecule has 19 heavy (non-hydrogen) atoms. The van der Waals surface area contributed by atoms with E-state index in [0.717, 1.165) is 28.5 Å². The summed E-state index contributed by atoms with van der Waals surface area (Å²) in [6, 6.07) is 3.86. The van der Waals surface area contributed by atoms with Gasteiger partial charge >= 0.3 is 0 Å². The fourth-order valence-electron chi connectivity index (χ4n) is 2.25. The van der Waals surface area contributed by atoms with Gasteiger partial charge in [-0.15, -0.1) is 0 Å². The van der Waals surface area contributed by atoms with Crippen molar-refractivity contribution in [3.63, 3.8) is 0 Å². The zero-order chi connectivity index (χ0) is 13.4. The third kappa shape index (κ3) is 2.50. The Morgan fingerprint density at radius 2 is 1.95 bits per heavy atom. The predicted octanol–water partition coefficient (Wildman–Crippen LogP) is 1.94. The van der Waals surface area contributed by atoms with Crippen molar-refractivity contribution >= 4 is 11.8 Å². The van der Waals surface area contributed by atoms with Crippen molar-refractivity contribution in [1.29, 1.82) is 0 Å². The molecule has 1 aliphatic heterocycles. The van der Waals surface area contributed by atoms with Crippen LogP contribution in [0.4, 0.5) is 0 Å². The lowest BCUT2D eigenvalue weighted by Crippen LogP contribution is -2.15. The number of rotatable bonds is 2. The Labute approximate surface area is 115 Å². The Hall–Kier alpha value is -1.40. The molecule has 1 N–H and O–H groups in total. The summed E-state index contributed by atoms with van der Waals surface area (Å²) in [4.78, 5) is 8.74. The van der Waals surface area contributed by atoms with Crippen LogP contribution in [-0.2, 0) is 0 Å². The summed E-state index contributed by atoms with van der Waals surface area (Å²) in [5.41, 5.74) is 2.76. The van der Waals surface area contributed by atoms with Gasteiger partial charge in [0.15, 0.2) is 0 Å². The van der Waals surface area contributed by atoms with Crippen molar-refractivity contribution in [2.24, 2.45) is 0 Å². The number of aryl methyl sites for hydroxylation is 2. The molecule has 0 spiro atoms. The number of hydrogen-bond acceptors (Lipinski definition) is 6. The highest BCUT2D eigenvalue weighted by molar-refractivity contribution is 7.99. The van der Waals surface area contributed by atoms with E-state index in [1.165, 1.54) is 0 Å². The fraction of sp³-hybridized carbons (Fsp3) is 0.462. The highest BCUT2D eigenvalue weighted by Crippen LogP contribution is 2.32. The van der Waals surface area contributed by atoms with Crippen LogP contribution in [0, 0.1) is 13.8 Å². The lowest BCUT2D eigenvalue weighted by atomic mass is 10.1. The van der Waals surface area contributed by atoms with E-state index in [-0.39, 0.29) is 12.0 Å². The predicted molar refractivity (Wildman–Crippen MR) is 73.1 cm³/mol. The molecule has 1 saturated heterocycles. The van der Waals surface area contributed by atoms with Gasteiger partial charge in [0, 0.05) is 28.5 Å². The van der Waals surface area contributed by atoms with Crippen molar-refractivity contribution in [3.05, 3.63) is 29.4 Å². The summed E-state index contributed by atoms with van der Waals surface area (Å²) in [6.07, 6.45) is -0.390. The van der Waals surface area contributed by atoms with Gasteiger partial charge in [0.25, 0.3) is 0 Å². The van der Waals surface area contributed by atoms with Crippen LogP contribution in [0.3, 0.4) is 0 Å². The van der Waals surface area contributed by atoms with Gasteiger partial charge in [0.2, 0.25) is 11.7 Å². The minimum absolute atomic E-state index is 0.0460. The minimum Gasteiger partial charge on any atom is -0.391 e. The number of hydrogen-bond donors (Lipinski definition) is 1. The maximum atomic E-state index is 9.85. The maximum absolute atomic E-state index is 9.85. The Morgan fingerprint density at radius 1 is 1.21 bits per heavy atom. The van der Waals surface area contributed by atoms with Crippen molar-refractivity contribution in [1.82, 2.24) is 15.1 Å². The van der Waals surface area contributed by atoms with Gasteiger partial charge in [0.1, 0.15) is 0 Å². The lowest BCUT2D eigenvalue weighted by molar-refractivity contribution is 0.164. The van der Waals surface area contributed by atoms with E-state index in [2.05, 4.69) is 15.1 Å². The van der Waals surface area contributed by atoms with Crippen LogP contribution in [0.1, 0.15) is 23.2 Å². The molecule has 0 aromatic carbocycles.